The van der Waals surface area contributed by atoms with Crippen molar-refractivity contribution in [2.24, 2.45) is 5.73 Å². The van der Waals surface area contributed by atoms with Crippen molar-refractivity contribution < 1.29 is 4.79 Å². The Morgan fingerprint density at radius 2 is 2.18 bits per heavy atom. The van der Waals surface area contributed by atoms with Gasteiger partial charge in [0.05, 0.1) is 11.4 Å². The van der Waals surface area contributed by atoms with Crippen molar-refractivity contribution >= 4 is 17.4 Å². The molecule has 0 aliphatic rings. The molecule has 1 aromatic rings. The largest absolute Gasteiger partial charge is 0.394 e. The summed E-state index contributed by atoms with van der Waals surface area (Å²) in [6.07, 6.45) is 1.07. The molecule has 0 saturated carbocycles. The molecule has 0 aliphatic heterocycles. The van der Waals surface area contributed by atoms with Crippen LogP contribution in [0.15, 0.2) is 0 Å². The second kappa shape index (κ2) is 5.56. The maximum atomic E-state index is 10.6. The summed E-state index contributed by atoms with van der Waals surface area (Å²) in [5, 5.41) is 7.57. The minimum Gasteiger partial charge on any atom is -0.394 e. The molecule has 0 saturated heterocycles. The highest BCUT2D eigenvalue weighted by Crippen LogP contribution is 2.25. The van der Waals surface area contributed by atoms with E-state index in [0.29, 0.717) is 25.1 Å². The van der Waals surface area contributed by atoms with E-state index in [-0.39, 0.29) is 11.9 Å². The van der Waals surface area contributed by atoms with Gasteiger partial charge in [-0.15, -0.1) is 0 Å². The number of nitrogens with zero attached hydrogens (tertiary/aromatic N) is 2. The minimum absolute atomic E-state index is 0.240. The van der Waals surface area contributed by atoms with Gasteiger partial charge in [0.1, 0.15) is 5.82 Å². The highest BCUT2D eigenvalue weighted by atomic mass is 16.1. The van der Waals surface area contributed by atoms with Crippen LogP contribution in [0, 0.1) is 6.92 Å². The highest BCUT2D eigenvalue weighted by molar-refractivity contribution is 5.73. The van der Waals surface area contributed by atoms with Gasteiger partial charge in [0.15, 0.2) is 0 Å². The first kappa shape index (κ1) is 13.3. The number of amides is 1. The third-order valence-corrected chi connectivity index (χ3v) is 2.51. The molecule has 0 spiro atoms. The number of anilines is 2. The molecule has 0 unspecified atom stereocenters. The summed E-state index contributed by atoms with van der Waals surface area (Å²) in [7, 11) is 0. The lowest BCUT2D eigenvalue weighted by molar-refractivity contribution is -0.118. The lowest BCUT2D eigenvalue weighted by Gasteiger charge is -2.13. The number of carbonyl (C=O) groups excluding carboxylic acids is 1. The van der Waals surface area contributed by atoms with Gasteiger partial charge in [-0.1, -0.05) is 0 Å². The zero-order valence-electron chi connectivity index (χ0n) is 10.7. The fourth-order valence-corrected chi connectivity index (χ4v) is 1.58. The molecule has 0 aliphatic carbocycles. The SMILES string of the molecule is Cc1nn(C(C)C)c(NCCCC(N)=O)c1N. The quantitative estimate of drug-likeness (QED) is 0.646. The lowest BCUT2D eigenvalue weighted by Crippen LogP contribution is -2.15. The number of nitrogens with two attached hydrogens (primary N) is 2. The van der Waals surface area contributed by atoms with Crippen molar-refractivity contribution in [1.29, 1.82) is 0 Å². The van der Waals surface area contributed by atoms with Crippen LogP contribution in [0.2, 0.25) is 0 Å². The molecule has 0 fully saturated rings. The Labute approximate surface area is 101 Å². The smallest absolute Gasteiger partial charge is 0.217 e. The third kappa shape index (κ3) is 3.37. The average Bonchev–Trinajstić information content (AvgIpc) is 2.51. The average molecular weight is 239 g/mol. The van der Waals surface area contributed by atoms with E-state index in [2.05, 4.69) is 10.4 Å². The zero-order chi connectivity index (χ0) is 13.0. The van der Waals surface area contributed by atoms with Crippen molar-refractivity contribution in [2.75, 3.05) is 17.6 Å². The molecule has 6 heteroatoms. The number of aromatic nitrogens is 2. The van der Waals surface area contributed by atoms with Gasteiger partial charge in [-0.05, 0) is 27.2 Å². The fourth-order valence-electron chi connectivity index (χ4n) is 1.58. The van der Waals surface area contributed by atoms with Gasteiger partial charge >= 0.3 is 0 Å². The molecule has 5 N–H and O–H groups in total. The second-order valence-corrected chi connectivity index (χ2v) is 4.38. The second-order valence-electron chi connectivity index (χ2n) is 4.38. The highest BCUT2D eigenvalue weighted by Gasteiger charge is 2.13. The van der Waals surface area contributed by atoms with Crippen LogP contribution in [-0.4, -0.2) is 22.2 Å². The Morgan fingerprint density at radius 1 is 1.53 bits per heavy atom. The van der Waals surface area contributed by atoms with Gasteiger partial charge in [-0.25, -0.2) is 4.68 Å². The van der Waals surface area contributed by atoms with E-state index in [1.54, 1.807) is 0 Å². The van der Waals surface area contributed by atoms with Crippen molar-refractivity contribution in [3.05, 3.63) is 5.69 Å². The molecule has 1 aromatic heterocycles. The fraction of sp³-hybridized carbons (Fsp3) is 0.636. The number of aryl methyl sites for hydroxylation is 1. The van der Waals surface area contributed by atoms with Crippen LogP contribution in [0.1, 0.15) is 38.4 Å². The van der Waals surface area contributed by atoms with Gasteiger partial charge in [0.25, 0.3) is 0 Å². The monoisotopic (exact) mass is 239 g/mol. The summed E-state index contributed by atoms with van der Waals surface area (Å²) >= 11 is 0. The van der Waals surface area contributed by atoms with Crippen LogP contribution < -0.4 is 16.8 Å². The van der Waals surface area contributed by atoms with Gasteiger partial charge < -0.3 is 16.8 Å². The Balaban J connectivity index is 2.66. The summed E-state index contributed by atoms with van der Waals surface area (Å²) in [6, 6.07) is 0.240. The molecule has 1 heterocycles. The molecular formula is C11H21N5O. The van der Waals surface area contributed by atoms with Gasteiger partial charge in [-0.2, -0.15) is 5.10 Å². The molecular weight excluding hydrogens is 218 g/mol. The van der Waals surface area contributed by atoms with Crippen LogP contribution in [-0.2, 0) is 4.79 Å². The summed E-state index contributed by atoms with van der Waals surface area (Å²) in [5.74, 6) is 0.537. The summed E-state index contributed by atoms with van der Waals surface area (Å²) in [6.45, 7) is 6.62. The normalized spacial score (nSPS) is 10.8. The first-order chi connectivity index (χ1) is 7.93. The van der Waals surface area contributed by atoms with Crippen molar-refractivity contribution in [2.45, 2.75) is 39.7 Å². The van der Waals surface area contributed by atoms with Crippen molar-refractivity contribution in [1.82, 2.24) is 9.78 Å². The molecule has 96 valence electrons. The van der Waals surface area contributed by atoms with Gasteiger partial charge in [-0.3, -0.25) is 4.79 Å². The minimum atomic E-state index is -0.284. The van der Waals surface area contributed by atoms with E-state index in [0.717, 1.165) is 11.5 Å². The molecule has 0 aromatic carbocycles. The number of nitrogen functional groups attached to an aromatic ring is 1. The maximum absolute atomic E-state index is 10.6. The summed E-state index contributed by atoms with van der Waals surface area (Å²) < 4.78 is 1.86. The lowest BCUT2D eigenvalue weighted by atomic mass is 10.3. The van der Waals surface area contributed by atoms with Crippen LogP contribution in [0.5, 0.6) is 0 Å². The van der Waals surface area contributed by atoms with E-state index in [1.807, 2.05) is 25.5 Å². The summed E-state index contributed by atoms with van der Waals surface area (Å²) in [5.41, 5.74) is 12.5. The molecule has 1 amide bonds. The topological polar surface area (TPSA) is 99.0 Å². The van der Waals surface area contributed by atoms with Crippen LogP contribution >= 0.6 is 0 Å². The Kier molecular flexibility index (Phi) is 4.37. The Morgan fingerprint density at radius 3 is 2.71 bits per heavy atom. The van der Waals surface area contributed by atoms with Crippen LogP contribution in [0.3, 0.4) is 0 Å². The Bertz CT molecular complexity index is 397. The van der Waals surface area contributed by atoms with Crippen LogP contribution in [0.25, 0.3) is 0 Å². The number of rotatable bonds is 6. The first-order valence-electron chi connectivity index (χ1n) is 5.80. The molecule has 0 bridgehead atoms. The molecule has 6 nitrogen and oxygen atoms in total. The molecule has 1 rings (SSSR count). The zero-order valence-corrected chi connectivity index (χ0v) is 10.7. The summed E-state index contributed by atoms with van der Waals surface area (Å²) in [4.78, 5) is 10.6. The van der Waals surface area contributed by atoms with E-state index >= 15 is 0 Å². The van der Waals surface area contributed by atoms with Crippen molar-refractivity contribution in [3.8, 4) is 0 Å². The van der Waals surface area contributed by atoms with Crippen molar-refractivity contribution in [3.63, 3.8) is 0 Å². The predicted octanol–water partition coefficient (Wildman–Crippen LogP) is 1.03. The van der Waals surface area contributed by atoms with E-state index in [9.17, 15) is 4.79 Å². The number of primary amides is 1. The van der Waals surface area contributed by atoms with Gasteiger partial charge in [0, 0.05) is 19.0 Å². The third-order valence-electron chi connectivity index (χ3n) is 2.51. The number of hydrogen-bond donors (Lipinski definition) is 3. The number of hydrogen-bond acceptors (Lipinski definition) is 4. The van der Waals surface area contributed by atoms with E-state index in [1.165, 1.54) is 0 Å². The number of carbonyl (C=O) groups is 1. The predicted molar refractivity (Wildman–Crippen MR) is 68.7 cm³/mol. The van der Waals surface area contributed by atoms with Crippen LogP contribution in [0.4, 0.5) is 11.5 Å². The van der Waals surface area contributed by atoms with E-state index < -0.39 is 0 Å². The first-order valence-corrected chi connectivity index (χ1v) is 5.80. The number of nitrogens with one attached hydrogen (secondary N) is 1. The molecule has 0 radical (unpaired) electrons. The molecule has 0 atom stereocenters. The standard InChI is InChI=1S/C11H21N5O/c1-7(2)16-11(10(13)8(3)15-16)14-6-4-5-9(12)17/h7,14H,4-6,13H2,1-3H3,(H2,12,17). The van der Waals surface area contributed by atoms with E-state index in [4.69, 9.17) is 11.5 Å². The van der Waals surface area contributed by atoms with Gasteiger partial charge in [0.2, 0.25) is 5.91 Å². The molecule has 17 heavy (non-hydrogen) atoms. The maximum Gasteiger partial charge on any atom is 0.217 e. The Hall–Kier alpha value is -1.72.